The summed E-state index contributed by atoms with van der Waals surface area (Å²) in [6.07, 6.45) is 8.61. The second-order valence-corrected chi connectivity index (χ2v) is 11.5. The third-order valence-electron chi connectivity index (χ3n) is 8.63. The van der Waals surface area contributed by atoms with Crippen molar-refractivity contribution in [2.24, 2.45) is 15.6 Å². The second kappa shape index (κ2) is 9.09. The van der Waals surface area contributed by atoms with Crippen LogP contribution in [0.25, 0.3) is 16.8 Å². The van der Waals surface area contributed by atoms with Gasteiger partial charge in [0.15, 0.2) is 0 Å². The minimum absolute atomic E-state index is 0.0192. The molecule has 0 atom stereocenters. The molecule has 0 unspecified atom stereocenters. The highest BCUT2D eigenvalue weighted by molar-refractivity contribution is 6.18. The van der Waals surface area contributed by atoms with E-state index < -0.39 is 0 Å². The van der Waals surface area contributed by atoms with Gasteiger partial charge in [0, 0.05) is 47.2 Å². The zero-order valence-corrected chi connectivity index (χ0v) is 22.2. The monoisotopic (exact) mass is 507 g/mol. The predicted octanol–water partition coefficient (Wildman–Crippen LogP) is 5.47. The molecule has 8 nitrogen and oxygen atoms in total. The van der Waals surface area contributed by atoms with Crippen molar-refractivity contribution in [2.75, 3.05) is 5.32 Å². The number of hydrogen-bond donors (Lipinski definition) is 2. The lowest BCUT2D eigenvalue weighted by Gasteiger charge is -2.53. The number of hydrogen-bond acceptors (Lipinski definition) is 6. The molecule has 0 radical (unpaired) electrons. The maximum atomic E-state index is 11.8. The van der Waals surface area contributed by atoms with Crippen LogP contribution in [-0.2, 0) is 4.79 Å². The lowest BCUT2D eigenvalue weighted by Crippen LogP contribution is -2.57. The molecule has 1 aromatic carbocycles. The highest BCUT2D eigenvalue weighted by Crippen LogP contribution is 2.54. The molecule has 8 heteroatoms. The number of carbonyl (C=O) groups excluding carboxylic acids is 1. The molecule has 3 saturated carbocycles. The van der Waals surface area contributed by atoms with Crippen molar-refractivity contribution in [3.05, 3.63) is 53.7 Å². The third-order valence-corrected chi connectivity index (χ3v) is 8.63. The van der Waals surface area contributed by atoms with Gasteiger partial charge in [-0.1, -0.05) is 12.1 Å². The molecule has 3 heterocycles. The summed E-state index contributed by atoms with van der Waals surface area (Å²) in [5, 5.41) is 30.1. The van der Waals surface area contributed by atoms with Gasteiger partial charge in [-0.3, -0.25) is 4.79 Å². The first-order chi connectivity index (χ1) is 18.3. The topological polar surface area (TPSA) is 107 Å². The number of benzene rings is 1. The summed E-state index contributed by atoms with van der Waals surface area (Å²) in [5.74, 6) is 0.0766. The van der Waals surface area contributed by atoms with Crippen LogP contribution in [0.2, 0.25) is 0 Å². The maximum absolute atomic E-state index is 11.8. The Kier molecular flexibility index (Phi) is 5.82. The van der Waals surface area contributed by atoms with Gasteiger partial charge in [-0.2, -0.15) is 20.6 Å². The zero-order chi connectivity index (χ0) is 26.5. The van der Waals surface area contributed by atoms with Gasteiger partial charge in [-0.25, -0.2) is 4.52 Å². The van der Waals surface area contributed by atoms with Crippen molar-refractivity contribution >= 4 is 28.5 Å². The van der Waals surface area contributed by atoms with Crippen LogP contribution < -0.4 is 10.6 Å². The molecule has 3 fully saturated rings. The van der Waals surface area contributed by atoms with Crippen LogP contribution in [-0.4, -0.2) is 38.5 Å². The number of rotatable bonds is 6. The third kappa shape index (κ3) is 4.16. The fraction of sp³-hybridized carbons (Fsp3) is 0.433. The van der Waals surface area contributed by atoms with Crippen LogP contribution in [0.3, 0.4) is 0 Å². The Labute approximate surface area is 222 Å². The first-order valence-corrected chi connectivity index (χ1v) is 13.5. The lowest BCUT2D eigenvalue weighted by molar-refractivity contribution is -0.122. The Balaban J connectivity index is 1.25. The van der Waals surface area contributed by atoms with E-state index >= 15 is 0 Å². The second-order valence-electron chi connectivity index (χ2n) is 11.5. The smallest absolute Gasteiger partial charge is 0.217 e. The minimum atomic E-state index is -0.0192. The maximum Gasteiger partial charge on any atom is 0.217 e. The lowest BCUT2D eigenvalue weighted by atomic mass is 9.55. The molecular weight excluding hydrogens is 474 g/mol. The molecule has 3 aromatic rings. The Morgan fingerprint density at radius 3 is 2.50 bits per heavy atom. The van der Waals surface area contributed by atoms with E-state index in [1.165, 1.54) is 5.71 Å². The number of nitrogens with zero attached hydrogens (tertiary/aromatic N) is 5. The molecule has 38 heavy (non-hydrogen) atoms. The van der Waals surface area contributed by atoms with E-state index in [0.717, 1.165) is 78.7 Å². The van der Waals surface area contributed by atoms with Gasteiger partial charge in [0.25, 0.3) is 0 Å². The Bertz CT molecular complexity index is 1510. The molecule has 0 saturated heterocycles. The van der Waals surface area contributed by atoms with E-state index in [4.69, 9.17) is 10.2 Å². The molecular formula is C30H33N7O. The van der Waals surface area contributed by atoms with Gasteiger partial charge in [-0.05, 0) is 76.6 Å². The fourth-order valence-corrected chi connectivity index (χ4v) is 6.64. The van der Waals surface area contributed by atoms with Crippen molar-refractivity contribution in [1.82, 2.24) is 14.9 Å². The number of aromatic nitrogens is 2. The number of fused-ring (bicyclic) bond motifs is 4. The van der Waals surface area contributed by atoms with Gasteiger partial charge < -0.3 is 10.6 Å². The van der Waals surface area contributed by atoms with E-state index in [1.54, 1.807) is 13.1 Å². The van der Waals surface area contributed by atoms with E-state index in [-0.39, 0.29) is 22.9 Å². The molecule has 194 valence electrons. The Hall–Kier alpha value is -3.99. The van der Waals surface area contributed by atoms with E-state index in [1.807, 2.05) is 22.7 Å². The van der Waals surface area contributed by atoms with Crippen LogP contribution in [0.5, 0.6) is 0 Å². The van der Waals surface area contributed by atoms with Crippen molar-refractivity contribution < 1.29 is 4.79 Å². The van der Waals surface area contributed by atoms with Gasteiger partial charge in [0.2, 0.25) is 5.91 Å². The SMILES string of the molecule is CC(=O)NC12CCC(C3=NN=C(c4ccc(-c5ccc6cc(C#N)cnn56)cc4NC(C)C)C3)(CC1)CC2. The number of nitriles is 1. The molecule has 2 bridgehead atoms. The van der Waals surface area contributed by atoms with E-state index in [2.05, 4.69) is 53.8 Å². The first kappa shape index (κ1) is 24.4. The van der Waals surface area contributed by atoms with E-state index in [9.17, 15) is 10.1 Å². The highest BCUT2D eigenvalue weighted by atomic mass is 16.1. The molecule has 4 aliphatic rings. The number of nitrogens with one attached hydrogen (secondary N) is 2. The molecule has 3 aliphatic carbocycles. The van der Waals surface area contributed by atoms with Crippen molar-refractivity contribution in [2.45, 2.75) is 77.3 Å². The molecule has 0 spiro atoms. The summed E-state index contributed by atoms with van der Waals surface area (Å²) in [6, 6.07) is 14.7. The largest absolute Gasteiger partial charge is 0.382 e. The van der Waals surface area contributed by atoms with Gasteiger partial charge in [0.1, 0.15) is 6.07 Å². The van der Waals surface area contributed by atoms with E-state index in [0.29, 0.717) is 5.56 Å². The number of anilines is 1. The molecule has 2 aromatic heterocycles. The van der Waals surface area contributed by atoms with Gasteiger partial charge >= 0.3 is 0 Å². The Morgan fingerprint density at radius 1 is 1.05 bits per heavy atom. The molecule has 7 rings (SSSR count). The summed E-state index contributed by atoms with van der Waals surface area (Å²) in [5.41, 5.74) is 7.86. The fourth-order valence-electron chi connectivity index (χ4n) is 6.64. The predicted molar refractivity (Wildman–Crippen MR) is 149 cm³/mol. The van der Waals surface area contributed by atoms with Crippen molar-refractivity contribution in [1.29, 1.82) is 5.26 Å². The van der Waals surface area contributed by atoms with Crippen LogP contribution in [0.15, 0.2) is 52.8 Å². The molecule has 2 N–H and O–H groups in total. The number of amides is 1. The summed E-state index contributed by atoms with van der Waals surface area (Å²) < 4.78 is 1.87. The standard InChI is InChI=1S/C30H33N7O/c1-19(2)33-25-15-22(27-7-5-23-14-21(17-31)18-32-37(23)27)4-6-24(25)26-16-28(36-35-26)29-8-11-30(12-9-29,13-10-29)34-20(3)38/h4-7,14-15,18-19,33H,8-13,16H2,1-3H3,(H,34,38). The van der Waals surface area contributed by atoms with Crippen LogP contribution in [0, 0.1) is 16.7 Å². The van der Waals surface area contributed by atoms with Gasteiger partial charge in [0.05, 0.1) is 34.4 Å². The van der Waals surface area contributed by atoms with Crippen molar-refractivity contribution in [3.63, 3.8) is 0 Å². The average Bonchev–Trinajstić information content (AvgIpc) is 3.56. The van der Waals surface area contributed by atoms with Crippen LogP contribution in [0.1, 0.15) is 76.8 Å². The zero-order valence-electron chi connectivity index (χ0n) is 22.2. The summed E-state index contributed by atoms with van der Waals surface area (Å²) >= 11 is 0. The average molecular weight is 508 g/mol. The summed E-state index contributed by atoms with van der Waals surface area (Å²) in [4.78, 5) is 11.8. The van der Waals surface area contributed by atoms with Crippen LogP contribution >= 0.6 is 0 Å². The number of carbonyl (C=O) groups is 1. The van der Waals surface area contributed by atoms with Crippen LogP contribution in [0.4, 0.5) is 5.69 Å². The van der Waals surface area contributed by atoms with Crippen molar-refractivity contribution in [3.8, 4) is 17.3 Å². The normalized spacial score (nSPS) is 24.3. The first-order valence-electron chi connectivity index (χ1n) is 13.5. The summed E-state index contributed by atoms with van der Waals surface area (Å²) in [6.45, 7) is 5.90. The highest BCUT2D eigenvalue weighted by Gasteiger charge is 2.52. The quantitative estimate of drug-likeness (QED) is 0.461. The molecule has 1 aliphatic heterocycles. The summed E-state index contributed by atoms with van der Waals surface area (Å²) in [7, 11) is 0. The van der Waals surface area contributed by atoms with Gasteiger partial charge in [-0.15, -0.1) is 0 Å². The minimum Gasteiger partial charge on any atom is -0.382 e. The molecule has 1 amide bonds. The Morgan fingerprint density at radius 2 is 1.82 bits per heavy atom.